The molecule has 15 nitrogen and oxygen atoms in total. The van der Waals surface area contributed by atoms with Gasteiger partial charge in [0.15, 0.2) is 15.7 Å². The summed E-state index contributed by atoms with van der Waals surface area (Å²) in [5, 5.41) is 18.4. The van der Waals surface area contributed by atoms with Gasteiger partial charge >= 0.3 is 18.3 Å². The fraction of sp³-hybridized carbons (Fsp3) is 0.600. The molecule has 22 heteroatoms. The summed E-state index contributed by atoms with van der Waals surface area (Å²) >= 11 is 0. The smallest absolute Gasteiger partial charge is 0.475 e. The summed E-state index contributed by atoms with van der Waals surface area (Å²) in [5.41, 5.74) is 1.58. The highest BCUT2D eigenvalue weighted by atomic mass is 32.2. The number of hydrogen-bond donors (Lipinski definition) is 3. The van der Waals surface area contributed by atoms with E-state index in [0.717, 1.165) is 6.54 Å². The number of sulfone groups is 1. The minimum Gasteiger partial charge on any atom is -0.475 e. The minimum absolute atomic E-state index is 0.0206. The number of alkyl halides is 6. The molecule has 0 aromatic carbocycles. The number of halogens is 6. The van der Waals surface area contributed by atoms with Crippen LogP contribution in [0, 0.1) is 0 Å². The topological polar surface area (TPSA) is 181 Å². The second-order valence-electron chi connectivity index (χ2n) is 10.7. The second-order valence-corrected chi connectivity index (χ2v) is 13.0. The summed E-state index contributed by atoms with van der Waals surface area (Å²) in [4.78, 5) is 30.8. The Kier molecular flexibility index (Phi) is 11.4. The first-order valence-electron chi connectivity index (χ1n) is 14.2. The quantitative estimate of drug-likeness (QED) is 0.217. The molecule has 0 amide bonds. The van der Waals surface area contributed by atoms with Crippen LogP contribution in [0.3, 0.4) is 0 Å². The first-order chi connectivity index (χ1) is 22.0. The van der Waals surface area contributed by atoms with Crippen molar-refractivity contribution < 1.29 is 49.4 Å². The van der Waals surface area contributed by atoms with E-state index in [2.05, 4.69) is 32.4 Å². The zero-order valence-electron chi connectivity index (χ0n) is 24.9. The Bertz CT molecular complexity index is 1610. The second kappa shape index (κ2) is 14.9. The number of nitrogens with one attached hydrogen (secondary N) is 2. The summed E-state index contributed by atoms with van der Waals surface area (Å²) in [6.07, 6.45) is -6.56. The van der Waals surface area contributed by atoms with Crippen LogP contribution in [0.5, 0.6) is 0 Å². The summed E-state index contributed by atoms with van der Waals surface area (Å²) in [5.74, 6) is -1.31. The number of fused-ring (bicyclic) bond motifs is 1. The molecule has 5 rings (SSSR count). The lowest BCUT2D eigenvalue weighted by molar-refractivity contribution is -0.192. The van der Waals surface area contributed by atoms with E-state index in [1.165, 1.54) is 11.0 Å². The largest absolute Gasteiger partial charge is 0.490 e. The third kappa shape index (κ3) is 10.6. The van der Waals surface area contributed by atoms with Crippen LogP contribution < -0.4 is 15.5 Å². The number of rotatable bonds is 9. The van der Waals surface area contributed by atoms with Crippen LogP contribution in [-0.4, -0.2) is 130 Å². The van der Waals surface area contributed by atoms with Crippen molar-refractivity contribution in [3.63, 3.8) is 0 Å². The Morgan fingerprint density at radius 2 is 1.85 bits per heavy atom. The Balaban J connectivity index is 0.000000644. The van der Waals surface area contributed by atoms with Crippen LogP contribution in [-0.2, 0) is 32.5 Å². The van der Waals surface area contributed by atoms with Crippen molar-refractivity contribution in [1.82, 2.24) is 39.9 Å². The maximum Gasteiger partial charge on any atom is 0.490 e. The maximum atomic E-state index is 12.7. The highest BCUT2D eigenvalue weighted by Gasteiger charge is 2.38. The highest BCUT2D eigenvalue weighted by Crippen LogP contribution is 2.30. The molecule has 260 valence electrons. The third-order valence-electron chi connectivity index (χ3n) is 6.89. The Hall–Kier alpha value is -3.89. The lowest BCUT2D eigenvalue weighted by Gasteiger charge is -2.32. The lowest BCUT2D eigenvalue weighted by atomic mass is 10.2. The molecule has 1 atom stereocenters. The van der Waals surface area contributed by atoms with E-state index in [0.29, 0.717) is 67.0 Å². The molecule has 2 aliphatic rings. The average Bonchev–Trinajstić information content (AvgIpc) is 3.33. The first kappa shape index (κ1) is 36.0. The van der Waals surface area contributed by atoms with E-state index >= 15 is 0 Å². The van der Waals surface area contributed by atoms with Crippen molar-refractivity contribution in [1.29, 1.82) is 0 Å². The van der Waals surface area contributed by atoms with Gasteiger partial charge in [-0.05, 0) is 13.0 Å². The van der Waals surface area contributed by atoms with Gasteiger partial charge in [0.25, 0.3) is 0 Å². The Morgan fingerprint density at radius 1 is 1.15 bits per heavy atom. The van der Waals surface area contributed by atoms with Crippen LogP contribution in [0.25, 0.3) is 11.0 Å². The van der Waals surface area contributed by atoms with E-state index in [4.69, 9.17) is 29.7 Å². The summed E-state index contributed by atoms with van der Waals surface area (Å²) in [7, 11) is -3.08. The number of hydrogen-bond acceptors (Lipinski definition) is 13. The number of aromatic nitrogens is 6. The van der Waals surface area contributed by atoms with Gasteiger partial charge in [-0.2, -0.15) is 36.4 Å². The van der Waals surface area contributed by atoms with Crippen molar-refractivity contribution in [3.05, 3.63) is 24.3 Å². The minimum atomic E-state index is -5.08. The molecule has 0 radical (unpaired) electrons. The molecular weight excluding hydrogens is 666 g/mol. The van der Waals surface area contributed by atoms with Crippen molar-refractivity contribution in [2.75, 3.05) is 67.7 Å². The lowest BCUT2D eigenvalue weighted by Crippen LogP contribution is -2.49. The highest BCUT2D eigenvalue weighted by molar-refractivity contribution is 7.91. The van der Waals surface area contributed by atoms with Gasteiger partial charge in [0.2, 0.25) is 5.95 Å². The van der Waals surface area contributed by atoms with Crippen molar-refractivity contribution >= 4 is 44.4 Å². The van der Waals surface area contributed by atoms with Crippen molar-refractivity contribution in [2.24, 2.45) is 0 Å². The predicted octanol–water partition coefficient (Wildman–Crippen LogP) is 1.60. The molecular formula is C25H32F6N10O5S. The number of carbonyl (C=O) groups is 1. The van der Waals surface area contributed by atoms with Gasteiger partial charge in [0.05, 0.1) is 24.7 Å². The zero-order valence-corrected chi connectivity index (χ0v) is 25.7. The van der Waals surface area contributed by atoms with Crippen molar-refractivity contribution in [3.8, 4) is 0 Å². The fourth-order valence-corrected chi connectivity index (χ4v) is 5.96. The number of carboxylic acid groups (broad SMARTS) is 1. The number of piperazine rings is 1. The van der Waals surface area contributed by atoms with Gasteiger partial charge in [0.1, 0.15) is 35.5 Å². The van der Waals surface area contributed by atoms with Crippen LogP contribution in [0.15, 0.2) is 18.6 Å². The molecule has 3 aromatic rings. The van der Waals surface area contributed by atoms with E-state index in [9.17, 15) is 34.8 Å². The van der Waals surface area contributed by atoms with E-state index < -0.39 is 34.8 Å². The number of nitrogens with zero attached hydrogens (tertiary/aromatic N) is 8. The molecule has 5 heterocycles. The molecule has 0 bridgehead atoms. The van der Waals surface area contributed by atoms with Crippen LogP contribution in [0.1, 0.15) is 12.6 Å². The molecule has 2 fully saturated rings. The average molecular weight is 699 g/mol. The normalized spacial score (nSPS) is 18.9. The van der Waals surface area contributed by atoms with Crippen LogP contribution in [0.2, 0.25) is 0 Å². The predicted molar refractivity (Wildman–Crippen MR) is 155 cm³/mol. The number of aliphatic carboxylic acids is 1. The van der Waals surface area contributed by atoms with E-state index in [-0.39, 0.29) is 30.7 Å². The van der Waals surface area contributed by atoms with Gasteiger partial charge in [-0.1, -0.05) is 0 Å². The number of ether oxygens (including phenoxy) is 1. The maximum absolute atomic E-state index is 12.7. The third-order valence-corrected chi connectivity index (χ3v) is 8.50. The molecule has 0 unspecified atom stereocenters. The standard InChI is InChI=1S/C23H31F3N10O3S.C2HF3O2/c1-16-12-35(5-4-28-16)22-31-19-17(13-34-7-10-40(37,38)11-8-34)33-36(6-9-39-14-23(24,25)26)20(19)21(32-22)30-18-2-3-27-15-29-18;3-2(4,5)1(6)7/h2-3,15-16,28H,4-14H2,1H3,(H,27,29,30,31,32);(H,6,7)/t16-;/m1./s1. The Morgan fingerprint density at radius 3 is 2.45 bits per heavy atom. The monoisotopic (exact) mass is 698 g/mol. The van der Waals surface area contributed by atoms with E-state index in [1.807, 2.05) is 4.90 Å². The molecule has 3 N–H and O–H groups in total. The van der Waals surface area contributed by atoms with Gasteiger partial charge in [-0.25, -0.2) is 28.2 Å². The van der Waals surface area contributed by atoms with Crippen molar-refractivity contribution in [2.45, 2.75) is 38.4 Å². The fourth-order valence-electron chi connectivity index (χ4n) is 4.69. The first-order valence-corrected chi connectivity index (χ1v) is 16.0. The number of anilines is 3. The van der Waals surface area contributed by atoms with Crippen LogP contribution in [0.4, 0.5) is 43.9 Å². The Labute approximate surface area is 264 Å². The zero-order chi connectivity index (χ0) is 34.4. The summed E-state index contributed by atoms with van der Waals surface area (Å²) in [6.45, 7) is 3.63. The molecule has 2 aliphatic heterocycles. The molecule has 3 aromatic heterocycles. The SMILES string of the molecule is C[C@@H]1CN(c2nc(Nc3ccncn3)c3c(n2)c(CN2CCS(=O)(=O)CC2)nn3CCOCC(F)(F)F)CCN1.O=C(O)C(F)(F)F. The molecule has 0 saturated carbocycles. The summed E-state index contributed by atoms with van der Waals surface area (Å²) < 4.78 is 100. The number of carboxylic acids is 1. The molecule has 2 saturated heterocycles. The summed E-state index contributed by atoms with van der Waals surface area (Å²) in [6, 6.07) is 1.89. The van der Waals surface area contributed by atoms with Gasteiger partial charge in [0, 0.05) is 51.5 Å². The van der Waals surface area contributed by atoms with Crippen LogP contribution >= 0.6 is 0 Å². The van der Waals surface area contributed by atoms with E-state index in [1.54, 1.807) is 12.3 Å². The van der Waals surface area contributed by atoms with Gasteiger partial charge < -0.3 is 25.4 Å². The molecule has 47 heavy (non-hydrogen) atoms. The molecule has 0 spiro atoms. The van der Waals surface area contributed by atoms with Gasteiger partial charge in [-0.15, -0.1) is 0 Å². The molecule has 0 aliphatic carbocycles. The van der Waals surface area contributed by atoms with Gasteiger partial charge in [-0.3, -0.25) is 9.58 Å².